The number of hydrogen-bond acceptors (Lipinski definition) is 16. The molecule has 2 saturated heterocycles. The van der Waals surface area contributed by atoms with E-state index < -0.39 is 43.1 Å². The van der Waals surface area contributed by atoms with Gasteiger partial charge < -0.3 is 23.8 Å². The number of esters is 1. The van der Waals surface area contributed by atoms with E-state index in [-0.39, 0.29) is 63.2 Å². The number of piperidine rings is 1. The number of anilines is 1. The molecule has 21 nitrogen and oxygen atoms in total. The van der Waals surface area contributed by atoms with Crippen molar-refractivity contribution in [3.63, 3.8) is 0 Å². The highest BCUT2D eigenvalue weighted by atomic mass is 32.2. The second kappa shape index (κ2) is 21.0. The summed E-state index contributed by atoms with van der Waals surface area (Å²) in [6, 6.07) is 16.9. The molecule has 1 atom stereocenters. The van der Waals surface area contributed by atoms with Gasteiger partial charge in [-0.3, -0.25) is 23.6 Å². The number of aryl methyl sites for hydroxylation is 2. The first kappa shape index (κ1) is 52.6. The molecule has 73 heavy (non-hydrogen) atoms. The molecule has 0 aliphatic carbocycles. The number of rotatable bonds is 18. The Balaban J connectivity index is 0.781. The van der Waals surface area contributed by atoms with Crippen LogP contribution in [-0.2, 0) is 47.9 Å². The Kier molecular flexibility index (Phi) is 15.2. The van der Waals surface area contributed by atoms with Crippen LogP contribution in [0.1, 0.15) is 88.3 Å². The average Bonchev–Trinajstić information content (AvgIpc) is 4.03. The summed E-state index contributed by atoms with van der Waals surface area (Å²) in [5, 5.41) is 8.84. The number of nitrogens with one attached hydrogen (secondary N) is 1. The zero-order chi connectivity index (χ0) is 52.5. The molecule has 2 fully saturated rings. The summed E-state index contributed by atoms with van der Waals surface area (Å²) >= 11 is 0. The molecule has 6 heterocycles. The van der Waals surface area contributed by atoms with Crippen LogP contribution in [0.3, 0.4) is 0 Å². The molecule has 2 aliphatic rings. The molecular weight excluding hydrogens is 981 g/mol. The number of nitrogens with zero attached hydrogens (tertiary/aromatic N) is 9. The van der Waals surface area contributed by atoms with E-state index in [1.165, 1.54) is 44.4 Å². The maximum Gasteiger partial charge on any atom is 0.326 e. The molecule has 2 aliphatic heterocycles. The van der Waals surface area contributed by atoms with Crippen molar-refractivity contribution in [1.29, 1.82) is 0 Å². The lowest BCUT2D eigenvalue weighted by molar-refractivity contribution is -0.155. The van der Waals surface area contributed by atoms with E-state index >= 15 is 0 Å². The highest BCUT2D eigenvalue weighted by Gasteiger charge is 2.40. The predicted molar refractivity (Wildman–Crippen MR) is 270 cm³/mol. The molecular formula is C50H62N10O11S2. The van der Waals surface area contributed by atoms with Crippen LogP contribution >= 0.6 is 0 Å². The molecule has 1 N–H and O–H groups in total. The maximum atomic E-state index is 13.7. The summed E-state index contributed by atoms with van der Waals surface area (Å²) < 4.78 is 84.4. The van der Waals surface area contributed by atoms with Crippen molar-refractivity contribution < 1.29 is 45.4 Å². The number of fused-ring (bicyclic) bond motifs is 1. The normalized spacial score (nSPS) is 16.7. The fourth-order valence-electron chi connectivity index (χ4n) is 9.36. The van der Waals surface area contributed by atoms with E-state index in [1.807, 2.05) is 29.2 Å². The molecule has 0 bridgehead atoms. The zero-order valence-electron chi connectivity index (χ0n) is 42.3. The molecule has 1 amide bonds. The highest BCUT2D eigenvalue weighted by molar-refractivity contribution is 7.90. The number of benzene rings is 2. The average molecular weight is 1040 g/mol. The number of ether oxygens (including phenoxy) is 4. The SMILES string of the molecule is Cc1nn(C)cc1S(=O)(=O)NC(=O)c1ccc(-n2ccc(OCCOCCOc3ccc(C4CCN(S(=O)(=O)c5ccc6c(=O)n(CC(=O)OC(C)(C)C)cnc6c5)CC4)cc3)n2)nc1N1C[C@@H](C)CC1(C)C. The van der Waals surface area contributed by atoms with Gasteiger partial charge in [0.15, 0.2) is 5.82 Å². The van der Waals surface area contributed by atoms with Crippen molar-refractivity contribution in [2.45, 2.75) is 101 Å². The van der Waals surface area contributed by atoms with Gasteiger partial charge in [-0.25, -0.2) is 36.2 Å². The Morgan fingerprint density at radius 3 is 2.27 bits per heavy atom. The lowest BCUT2D eigenvalue weighted by Gasteiger charge is -2.34. The number of carbonyl (C=O) groups is 2. The molecule has 0 unspecified atom stereocenters. The summed E-state index contributed by atoms with van der Waals surface area (Å²) in [5.41, 5.74) is 0.149. The van der Waals surface area contributed by atoms with Crippen LogP contribution < -0.4 is 24.7 Å². The number of carbonyl (C=O) groups excluding carboxylic acids is 2. The van der Waals surface area contributed by atoms with Crippen molar-refractivity contribution in [2.75, 3.05) is 51.0 Å². The van der Waals surface area contributed by atoms with Crippen molar-refractivity contribution >= 4 is 48.6 Å². The quantitative estimate of drug-likeness (QED) is 0.0865. The molecule has 0 spiro atoms. The molecule has 0 radical (unpaired) electrons. The maximum absolute atomic E-state index is 13.7. The van der Waals surface area contributed by atoms with Gasteiger partial charge in [-0.15, -0.1) is 5.10 Å². The van der Waals surface area contributed by atoms with Gasteiger partial charge in [0.1, 0.15) is 41.8 Å². The minimum absolute atomic E-state index is 0.0471. The molecule has 2 aromatic carbocycles. The van der Waals surface area contributed by atoms with Gasteiger partial charge in [0.05, 0.1) is 46.6 Å². The number of amides is 1. The smallest absolute Gasteiger partial charge is 0.326 e. The third kappa shape index (κ3) is 12.2. The Morgan fingerprint density at radius 1 is 0.904 bits per heavy atom. The first-order valence-electron chi connectivity index (χ1n) is 24.0. The van der Waals surface area contributed by atoms with Gasteiger partial charge >= 0.3 is 5.97 Å². The van der Waals surface area contributed by atoms with Crippen LogP contribution in [0.15, 0.2) is 94.0 Å². The van der Waals surface area contributed by atoms with Gasteiger partial charge in [0, 0.05) is 50.7 Å². The number of hydrogen-bond donors (Lipinski definition) is 1. The number of sulfonamides is 2. The van der Waals surface area contributed by atoms with Gasteiger partial charge in [0.25, 0.3) is 21.5 Å². The second-order valence-electron chi connectivity index (χ2n) is 20.1. The molecule has 23 heteroatoms. The summed E-state index contributed by atoms with van der Waals surface area (Å²) in [7, 11) is -6.47. The Labute approximate surface area is 424 Å². The topological polar surface area (TPSA) is 241 Å². The lowest BCUT2D eigenvalue weighted by atomic mass is 9.90. The summed E-state index contributed by atoms with van der Waals surface area (Å²) in [6.45, 7) is 15.1. The third-order valence-electron chi connectivity index (χ3n) is 12.7. The molecule has 0 saturated carbocycles. The highest BCUT2D eigenvalue weighted by Crippen LogP contribution is 2.38. The Hall–Kier alpha value is -6.69. The molecule has 390 valence electrons. The lowest BCUT2D eigenvalue weighted by Crippen LogP contribution is -2.41. The monoisotopic (exact) mass is 1040 g/mol. The Bertz CT molecular complexity index is 3280. The first-order valence-corrected chi connectivity index (χ1v) is 27.0. The number of aromatic nitrogens is 7. The van der Waals surface area contributed by atoms with Crippen LogP contribution in [-0.4, -0.2) is 124 Å². The fourth-order valence-corrected chi connectivity index (χ4v) is 12.0. The summed E-state index contributed by atoms with van der Waals surface area (Å²) in [6.07, 6.45) is 6.37. The fraction of sp³-hybridized carbons (Fsp3) is 0.460. The zero-order valence-corrected chi connectivity index (χ0v) is 43.9. The van der Waals surface area contributed by atoms with Gasteiger partial charge in [-0.2, -0.15) is 9.40 Å². The largest absolute Gasteiger partial charge is 0.491 e. The molecule has 4 aromatic heterocycles. The van der Waals surface area contributed by atoms with Crippen LogP contribution in [0, 0.1) is 12.8 Å². The Morgan fingerprint density at radius 2 is 1.62 bits per heavy atom. The van der Waals surface area contributed by atoms with E-state index in [4.69, 9.17) is 23.9 Å². The third-order valence-corrected chi connectivity index (χ3v) is 16.0. The van der Waals surface area contributed by atoms with E-state index in [0.717, 1.165) is 16.6 Å². The summed E-state index contributed by atoms with van der Waals surface area (Å²) in [5.74, 6) is 0.842. The van der Waals surface area contributed by atoms with Crippen molar-refractivity contribution in [2.24, 2.45) is 13.0 Å². The first-order chi connectivity index (χ1) is 34.5. The predicted octanol–water partition coefficient (Wildman–Crippen LogP) is 5.15. The van der Waals surface area contributed by atoms with Crippen LogP contribution in [0.5, 0.6) is 11.6 Å². The van der Waals surface area contributed by atoms with Crippen LogP contribution in [0.25, 0.3) is 16.7 Å². The minimum Gasteiger partial charge on any atom is -0.491 e. The summed E-state index contributed by atoms with van der Waals surface area (Å²) in [4.78, 5) is 50.2. The molecule has 6 aromatic rings. The number of pyridine rings is 1. The molecule has 8 rings (SSSR count). The van der Waals surface area contributed by atoms with Crippen molar-refractivity contribution in [3.8, 4) is 17.4 Å². The minimum atomic E-state index is -4.22. The van der Waals surface area contributed by atoms with E-state index in [0.29, 0.717) is 74.9 Å². The second-order valence-corrected chi connectivity index (χ2v) is 23.6. The van der Waals surface area contributed by atoms with E-state index in [9.17, 15) is 31.2 Å². The van der Waals surface area contributed by atoms with E-state index in [2.05, 4.69) is 40.7 Å². The van der Waals surface area contributed by atoms with Crippen LogP contribution in [0.4, 0.5) is 5.82 Å². The van der Waals surface area contributed by atoms with Gasteiger partial charge in [-0.1, -0.05) is 19.1 Å². The van der Waals surface area contributed by atoms with Crippen LogP contribution in [0.2, 0.25) is 0 Å². The van der Waals surface area contributed by atoms with Gasteiger partial charge in [0.2, 0.25) is 15.9 Å². The van der Waals surface area contributed by atoms with Crippen molar-refractivity contribution in [3.05, 3.63) is 107 Å². The van der Waals surface area contributed by atoms with Gasteiger partial charge in [-0.05, 0) is 121 Å². The van der Waals surface area contributed by atoms with E-state index in [1.54, 1.807) is 59.1 Å². The van der Waals surface area contributed by atoms with Crippen molar-refractivity contribution in [1.82, 2.24) is 43.1 Å². The standard InChI is InChI=1S/C50H62N10O11S2/c1-33-28-50(6,7)59(29-33)46-40(47(62)55-72(64,65)42-30-56(8)53-34(42)2)15-16-43(52-46)60-22-19-44(54-60)70-26-24-68-23-25-69-37-11-9-35(10-12-37)36-17-20-58(21-18-36)73(66,67)38-13-14-39-41(27-38)51-32-57(48(39)63)31-45(61)71-49(3,4)5/h9-16,19,22,27,30,32-33,36H,17-18,20-21,23-26,28-29,31H2,1-8H3,(H,55,62)/t33-/m0/s1.